The predicted octanol–water partition coefficient (Wildman–Crippen LogP) is 2.76. The molecular formula is C14H21N3. The van der Waals surface area contributed by atoms with Crippen molar-refractivity contribution in [2.75, 3.05) is 0 Å². The maximum absolute atomic E-state index is 4.40. The third-order valence-corrected chi connectivity index (χ3v) is 3.13. The van der Waals surface area contributed by atoms with Crippen LogP contribution in [0.1, 0.15) is 43.6 Å². The maximum Gasteiger partial charge on any atom is 0.125 e. The Morgan fingerprint density at radius 1 is 1.35 bits per heavy atom. The fourth-order valence-electron chi connectivity index (χ4n) is 2.17. The molecule has 0 spiro atoms. The van der Waals surface area contributed by atoms with E-state index in [0.29, 0.717) is 6.04 Å². The van der Waals surface area contributed by atoms with Crippen molar-refractivity contribution in [2.45, 2.75) is 51.6 Å². The fourth-order valence-corrected chi connectivity index (χ4v) is 2.17. The molecule has 3 nitrogen and oxygen atoms in total. The lowest BCUT2D eigenvalue weighted by Gasteiger charge is -2.16. The van der Waals surface area contributed by atoms with E-state index in [9.17, 15) is 0 Å². The summed E-state index contributed by atoms with van der Waals surface area (Å²) in [5, 5.41) is 3.56. The highest BCUT2D eigenvalue weighted by atomic mass is 14.9. The molecule has 0 aliphatic heterocycles. The largest absolute Gasteiger partial charge is 0.305 e. The number of nitrogens with zero attached hydrogens (tertiary/aromatic N) is 2. The molecule has 1 unspecified atom stereocenters. The Kier molecular flexibility index (Phi) is 4.68. The quantitative estimate of drug-likeness (QED) is 0.813. The average molecular weight is 231 g/mol. The van der Waals surface area contributed by atoms with Crippen LogP contribution in [0.4, 0.5) is 0 Å². The van der Waals surface area contributed by atoms with Gasteiger partial charge in [0.25, 0.3) is 0 Å². The monoisotopic (exact) mass is 231 g/mol. The van der Waals surface area contributed by atoms with Crippen molar-refractivity contribution >= 4 is 0 Å². The van der Waals surface area contributed by atoms with Gasteiger partial charge in [-0.05, 0) is 32.3 Å². The number of aryl methyl sites for hydroxylation is 1. The van der Waals surface area contributed by atoms with Gasteiger partial charge >= 0.3 is 0 Å². The molecule has 1 aliphatic rings. The van der Waals surface area contributed by atoms with E-state index in [1.807, 2.05) is 19.2 Å². The van der Waals surface area contributed by atoms with Crippen LogP contribution in [0.3, 0.4) is 0 Å². The summed E-state index contributed by atoms with van der Waals surface area (Å²) in [5.41, 5.74) is 1.08. The van der Waals surface area contributed by atoms with Gasteiger partial charge in [-0.3, -0.25) is 0 Å². The Morgan fingerprint density at radius 3 is 3.18 bits per heavy atom. The first kappa shape index (κ1) is 12.2. The van der Waals surface area contributed by atoms with Gasteiger partial charge in [0, 0.05) is 18.8 Å². The third kappa shape index (κ3) is 4.27. The number of hydrogen-bond acceptors (Lipinski definition) is 3. The summed E-state index contributed by atoms with van der Waals surface area (Å²) in [6, 6.07) is 2.48. The van der Waals surface area contributed by atoms with Gasteiger partial charge in [0.2, 0.25) is 0 Å². The Bertz CT molecular complexity index is 373. The SMILES string of the molecule is Cc1nccc(CNC2/C=C/CCCCC2)n1. The van der Waals surface area contributed by atoms with E-state index in [1.54, 1.807) is 0 Å². The topological polar surface area (TPSA) is 37.8 Å². The molecule has 0 aromatic carbocycles. The molecule has 2 rings (SSSR count). The van der Waals surface area contributed by atoms with Crippen LogP contribution in [-0.4, -0.2) is 16.0 Å². The van der Waals surface area contributed by atoms with Crippen LogP contribution in [0.5, 0.6) is 0 Å². The van der Waals surface area contributed by atoms with E-state index < -0.39 is 0 Å². The van der Waals surface area contributed by atoms with Gasteiger partial charge in [-0.25, -0.2) is 9.97 Å². The van der Waals surface area contributed by atoms with Crippen LogP contribution in [0.2, 0.25) is 0 Å². The molecule has 1 aromatic heterocycles. The van der Waals surface area contributed by atoms with Crippen LogP contribution in [0.15, 0.2) is 24.4 Å². The first-order chi connectivity index (χ1) is 8.34. The Morgan fingerprint density at radius 2 is 2.29 bits per heavy atom. The zero-order valence-electron chi connectivity index (χ0n) is 10.5. The van der Waals surface area contributed by atoms with Crippen LogP contribution in [-0.2, 0) is 6.54 Å². The Labute approximate surface area is 103 Å². The molecule has 0 fully saturated rings. The highest BCUT2D eigenvalue weighted by Gasteiger charge is 2.06. The van der Waals surface area contributed by atoms with Crippen molar-refractivity contribution in [1.29, 1.82) is 0 Å². The molecule has 17 heavy (non-hydrogen) atoms. The molecule has 1 aromatic rings. The molecule has 0 amide bonds. The summed E-state index contributed by atoms with van der Waals surface area (Å²) >= 11 is 0. The molecule has 0 saturated heterocycles. The molecule has 1 atom stereocenters. The second-order valence-electron chi connectivity index (χ2n) is 4.65. The van der Waals surface area contributed by atoms with Crippen LogP contribution in [0.25, 0.3) is 0 Å². The predicted molar refractivity (Wildman–Crippen MR) is 69.6 cm³/mol. The number of nitrogens with one attached hydrogen (secondary N) is 1. The van der Waals surface area contributed by atoms with Gasteiger partial charge in [0.1, 0.15) is 5.82 Å². The fraction of sp³-hybridized carbons (Fsp3) is 0.571. The minimum atomic E-state index is 0.505. The highest BCUT2D eigenvalue weighted by molar-refractivity contribution is 5.03. The minimum Gasteiger partial charge on any atom is -0.305 e. The second kappa shape index (κ2) is 6.50. The van der Waals surface area contributed by atoms with E-state index >= 15 is 0 Å². The molecule has 1 heterocycles. The summed E-state index contributed by atoms with van der Waals surface area (Å²) in [6.07, 6.45) is 12.9. The standard InChI is InChI=1S/C14H21N3/c1-12-15-10-9-14(17-12)11-16-13-7-5-3-2-4-6-8-13/h5,7,9-10,13,16H,2-4,6,8,11H2,1H3/b7-5+. The Balaban J connectivity index is 1.86. The van der Waals surface area contributed by atoms with Crippen molar-refractivity contribution in [3.05, 3.63) is 35.9 Å². The summed E-state index contributed by atoms with van der Waals surface area (Å²) in [4.78, 5) is 8.51. The maximum atomic E-state index is 4.40. The van der Waals surface area contributed by atoms with Gasteiger partial charge in [0.05, 0.1) is 5.69 Å². The highest BCUT2D eigenvalue weighted by Crippen LogP contribution is 2.12. The van der Waals surface area contributed by atoms with Crippen molar-refractivity contribution in [1.82, 2.24) is 15.3 Å². The van der Waals surface area contributed by atoms with Crippen LogP contribution in [0, 0.1) is 6.92 Å². The van der Waals surface area contributed by atoms with Crippen LogP contribution >= 0.6 is 0 Å². The molecule has 1 N–H and O–H groups in total. The van der Waals surface area contributed by atoms with Crippen molar-refractivity contribution in [3.8, 4) is 0 Å². The van der Waals surface area contributed by atoms with Gasteiger partial charge in [-0.2, -0.15) is 0 Å². The first-order valence-electron chi connectivity index (χ1n) is 6.53. The van der Waals surface area contributed by atoms with E-state index in [2.05, 4.69) is 27.4 Å². The van der Waals surface area contributed by atoms with Crippen molar-refractivity contribution < 1.29 is 0 Å². The molecule has 0 saturated carbocycles. The van der Waals surface area contributed by atoms with Crippen molar-refractivity contribution in [2.24, 2.45) is 0 Å². The van der Waals surface area contributed by atoms with E-state index in [-0.39, 0.29) is 0 Å². The summed E-state index contributed by atoms with van der Waals surface area (Å²) in [6.45, 7) is 2.76. The molecule has 92 valence electrons. The van der Waals surface area contributed by atoms with Gasteiger partial charge in [0.15, 0.2) is 0 Å². The molecular weight excluding hydrogens is 210 g/mol. The lowest BCUT2D eigenvalue weighted by molar-refractivity contribution is 0.504. The van der Waals surface area contributed by atoms with Gasteiger partial charge in [-0.15, -0.1) is 0 Å². The summed E-state index contributed by atoms with van der Waals surface area (Å²) < 4.78 is 0. The number of hydrogen-bond donors (Lipinski definition) is 1. The number of aromatic nitrogens is 2. The minimum absolute atomic E-state index is 0.505. The van der Waals surface area contributed by atoms with Crippen LogP contribution < -0.4 is 5.32 Å². The number of allylic oxidation sites excluding steroid dienone is 1. The van der Waals surface area contributed by atoms with Gasteiger partial charge in [-0.1, -0.05) is 25.0 Å². The van der Waals surface area contributed by atoms with E-state index in [4.69, 9.17) is 0 Å². The Hall–Kier alpha value is -1.22. The van der Waals surface area contributed by atoms with E-state index in [1.165, 1.54) is 32.1 Å². The third-order valence-electron chi connectivity index (χ3n) is 3.13. The molecule has 3 heteroatoms. The van der Waals surface area contributed by atoms with Crippen molar-refractivity contribution in [3.63, 3.8) is 0 Å². The summed E-state index contributed by atoms with van der Waals surface area (Å²) in [5.74, 6) is 0.845. The average Bonchev–Trinajstić information content (AvgIpc) is 2.27. The number of rotatable bonds is 3. The zero-order chi connectivity index (χ0) is 11.9. The second-order valence-corrected chi connectivity index (χ2v) is 4.65. The summed E-state index contributed by atoms with van der Waals surface area (Å²) in [7, 11) is 0. The lowest BCUT2D eigenvalue weighted by Crippen LogP contribution is -2.27. The normalized spacial score (nSPS) is 22.8. The lowest BCUT2D eigenvalue weighted by atomic mass is 10.0. The molecule has 1 aliphatic carbocycles. The molecule has 0 radical (unpaired) electrons. The van der Waals surface area contributed by atoms with Gasteiger partial charge < -0.3 is 5.32 Å². The first-order valence-corrected chi connectivity index (χ1v) is 6.53. The van der Waals surface area contributed by atoms with E-state index in [0.717, 1.165) is 18.1 Å². The smallest absolute Gasteiger partial charge is 0.125 e. The molecule has 0 bridgehead atoms. The zero-order valence-corrected chi connectivity index (χ0v) is 10.5.